The van der Waals surface area contributed by atoms with Crippen molar-refractivity contribution in [1.29, 1.82) is 0 Å². The molecule has 142 valence electrons. The second-order valence-corrected chi connectivity index (χ2v) is 6.63. The number of rotatable bonds is 6. The number of para-hydroxylation sites is 2. The molecule has 0 aliphatic heterocycles. The lowest BCUT2D eigenvalue weighted by atomic mass is 10.1. The van der Waals surface area contributed by atoms with Gasteiger partial charge in [0.05, 0.1) is 11.0 Å². The van der Waals surface area contributed by atoms with Crippen molar-refractivity contribution in [3.05, 3.63) is 65.7 Å². The van der Waals surface area contributed by atoms with Gasteiger partial charge in [-0.25, -0.2) is 4.98 Å². The number of benzene rings is 2. The van der Waals surface area contributed by atoms with Gasteiger partial charge in [-0.1, -0.05) is 17.3 Å². The van der Waals surface area contributed by atoms with Gasteiger partial charge in [0.15, 0.2) is 5.82 Å². The monoisotopic (exact) mass is 375 g/mol. The lowest BCUT2D eigenvalue weighted by molar-refractivity contribution is 0.0953. The third kappa shape index (κ3) is 3.64. The average molecular weight is 375 g/mol. The van der Waals surface area contributed by atoms with Gasteiger partial charge in [-0.3, -0.25) is 4.79 Å². The molecule has 2 aromatic heterocycles. The van der Waals surface area contributed by atoms with E-state index in [1.165, 1.54) is 0 Å². The molecule has 1 N–H and O–H groups in total. The molecule has 7 nitrogen and oxygen atoms in total. The fourth-order valence-electron chi connectivity index (χ4n) is 3.20. The topological polar surface area (TPSA) is 85.8 Å². The highest BCUT2D eigenvalue weighted by Crippen LogP contribution is 2.18. The van der Waals surface area contributed by atoms with Gasteiger partial charge in [-0.05, 0) is 56.7 Å². The van der Waals surface area contributed by atoms with E-state index in [9.17, 15) is 4.79 Å². The van der Waals surface area contributed by atoms with Crippen molar-refractivity contribution < 1.29 is 9.32 Å². The van der Waals surface area contributed by atoms with Gasteiger partial charge in [0.25, 0.3) is 11.8 Å². The minimum atomic E-state index is -0.0968. The minimum Gasteiger partial charge on any atom is -0.352 e. The summed E-state index contributed by atoms with van der Waals surface area (Å²) in [6, 6.07) is 15.2. The zero-order chi connectivity index (χ0) is 19.5. The average Bonchev–Trinajstić information content (AvgIpc) is 3.28. The van der Waals surface area contributed by atoms with Crippen LogP contribution in [0.2, 0.25) is 0 Å². The number of aromatic nitrogens is 4. The summed E-state index contributed by atoms with van der Waals surface area (Å²) in [5, 5.41) is 6.74. The molecule has 4 rings (SSSR count). The molecular weight excluding hydrogens is 354 g/mol. The summed E-state index contributed by atoms with van der Waals surface area (Å²) in [7, 11) is 0. The van der Waals surface area contributed by atoms with E-state index in [2.05, 4.69) is 31.1 Å². The first-order valence-corrected chi connectivity index (χ1v) is 9.22. The number of fused-ring (bicyclic) bond motifs is 1. The lowest BCUT2D eigenvalue weighted by Gasteiger charge is -2.08. The number of imidazole rings is 1. The molecule has 0 bridgehead atoms. The zero-order valence-electron chi connectivity index (χ0n) is 15.8. The molecule has 0 aliphatic rings. The first-order chi connectivity index (χ1) is 13.6. The fraction of sp³-hybridized carbons (Fsp3) is 0.238. The maximum atomic E-state index is 12.4. The van der Waals surface area contributed by atoms with Gasteiger partial charge in [0, 0.05) is 24.2 Å². The quantitative estimate of drug-likeness (QED) is 0.521. The standard InChI is InChI=1S/C21H21N5O2/c1-14-23-21(28-25-14)17-10-8-16(9-11-17)20(27)22-12-5-13-26-15(2)24-18-6-3-4-7-19(18)26/h3-4,6-11H,5,12-13H2,1-2H3,(H,22,27). The van der Waals surface area contributed by atoms with E-state index >= 15 is 0 Å². The smallest absolute Gasteiger partial charge is 0.257 e. The van der Waals surface area contributed by atoms with Crippen molar-refractivity contribution >= 4 is 16.9 Å². The van der Waals surface area contributed by atoms with Crippen LogP contribution in [0, 0.1) is 13.8 Å². The molecule has 2 aromatic carbocycles. The van der Waals surface area contributed by atoms with Crippen LogP contribution >= 0.6 is 0 Å². The largest absolute Gasteiger partial charge is 0.352 e. The molecule has 0 spiro atoms. The van der Waals surface area contributed by atoms with E-state index in [-0.39, 0.29) is 5.91 Å². The first kappa shape index (κ1) is 17.9. The number of nitrogens with zero attached hydrogens (tertiary/aromatic N) is 4. The normalized spacial score (nSPS) is 11.1. The molecule has 1 amide bonds. The number of hydrogen-bond acceptors (Lipinski definition) is 5. The summed E-state index contributed by atoms with van der Waals surface area (Å²) < 4.78 is 7.32. The summed E-state index contributed by atoms with van der Waals surface area (Å²) >= 11 is 0. The molecule has 0 radical (unpaired) electrons. The van der Waals surface area contributed by atoms with Crippen LogP contribution in [0.5, 0.6) is 0 Å². The van der Waals surface area contributed by atoms with E-state index in [0.29, 0.717) is 23.8 Å². The maximum Gasteiger partial charge on any atom is 0.257 e. The second kappa shape index (κ2) is 7.64. The van der Waals surface area contributed by atoms with Crippen LogP contribution in [0.15, 0.2) is 53.1 Å². The lowest BCUT2D eigenvalue weighted by Crippen LogP contribution is -2.25. The molecule has 0 atom stereocenters. The molecule has 0 unspecified atom stereocenters. The summed E-state index contributed by atoms with van der Waals surface area (Å²) in [4.78, 5) is 21.1. The molecular formula is C21H21N5O2. The van der Waals surface area contributed by atoms with Crippen molar-refractivity contribution in [2.75, 3.05) is 6.54 Å². The van der Waals surface area contributed by atoms with Gasteiger partial charge < -0.3 is 14.4 Å². The Morgan fingerprint density at radius 1 is 1.07 bits per heavy atom. The van der Waals surface area contributed by atoms with Gasteiger partial charge in [-0.2, -0.15) is 4.98 Å². The number of amides is 1. The summed E-state index contributed by atoms with van der Waals surface area (Å²) in [5.74, 6) is 1.92. The van der Waals surface area contributed by atoms with E-state index in [1.807, 2.05) is 37.3 Å². The van der Waals surface area contributed by atoms with Crippen LogP contribution in [0.25, 0.3) is 22.5 Å². The Morgan fingerprint density at radius 3 is 2.61 bits per heavy atom. The van der Waals surface area contributed by atoms with Crippen LogP contribution < -0.4 is 5.32 Å². The van der Waals surface area contributed by atoms with Crippen molar-refractivity contribution in [2.24, 2.45) is 0 Å². The third-order valence-corrected chi connectivity index (χ3v) is 4.61. The number of nitrogens with one attached hydrogen (secondary N) is 1. The summed E-state index contributed by atoms with van der Waals surface area (Å²) in [6.07, 6.45) is 0.826. The Morgan fingerprint density at radius 2 is 1.86 bits per heavy atom. The Hall–Kier alpha value is -3.48. The molecule has 7 heteroatoms. The Labute approximate surface area is 162 Å². The van der Waals surface area contributed by atoms with E-state index in [0.717, 1.165) is 35.4 Å². The molecule has 28 heavy (non-hydrogen) atoms. The Balaban J connectivity index is 1.32. The van der Waals surface area contributed by atoms with Gasteiger partial charge in [0.1, 0.15) is 5.82 Å². The SMILES string of the molecule is Cc1noc(-c2ccc(C(=O)NCCCn3c(C)nc4ccccc43)cc2)n1. The zero-order valence-corrected chi connectivity index (χ0v) is 15.8. The fourth-order valence-corrected chi connectivity index (χ4v) is 3.20. The van der Waals surface area contributed by atoms with E-state index < -0.39 is 0 Å². The van der Waals surface area contributed by atoms with E-state index in [1.54, 1.807) is 19.1 Å². The molecule has 0 aliphatic carbocycles. The highest BCUT2D eigenvalue weighted by molar-refractivity contribution is 5.94. The van der Waals surface area contributed by atoms with Crippen LogP contribution in [0.3, 0.4) is 0 Å². The molecule has 0 fully saturated rings. The molecule has 4 aromatic rings. The number of aryl methyl sites for hydroxylation is 3. The van der Waals surface area contributed by atoms with Gasteiger partial charge >= 0.3 is 0 Å². The molecule has 0 saturated heterocycles. The first-order valence-electron chi connectivity index (χ1n) is 9.22. The number of carbonyl (C=O) groups is 1. The predicted molar refractivity (Wildman–Crippen MR) is 106 cm³/mol. The van der Waals surface area contributed by atoms with E-state index in [4.69, 9.17) is 4.52 Å². The third-order valence-electron chi connectivity index (χ3n) is 4.61. The van der Waals surface area contributed by atoms with Gasteiger partial charge in [-0.15, -0.1) is 0 Å². The van der Waals surface area contributed by atoms with Crippen molar-refractivity contribution in [1.82, 2.24) is 25.0 Å². The van der Waals surface area contributed by atoms with Crippen molar-refractivity contribution in [2.45, 2.75) is 26.8 Å². The minimum absolute atomic E-state index is 0.0968. The predicted octanol–water partition coefficient (Wildman–Crippen LogP) is 3.52. The molecule has 0 saturated carbocycles. The highest BCUT2D eigenvalue weighted by Gasteiger charge is 2.10. The second-order valence-electron chi connectivity index (χ2n) is 6.63. The Kier molecular flexibility index (Phi) is 4.89. The van der Waals surface area contributed by atoms with Crippen LogP contribution in [-0.2, 0) is 6.54 Å². The number of carbonyl (C=O) groups excluding carboxylic acids is 1. The Bertz CT molecular complexity index is 1110. The van der Waals surface area contributed by atoms with Crippen LogP contribution in [0.4, 0.5) is 0 Å². The molecule has 2 heterocycles. The maximum absolute atomic E-state index is 12.4. The van der Waals surface area contributed by atoms with Crippen LogP contribution in [0.1, 0.15) is 28.4 Å². The van der Waals surface area contributed by atoms with Crippen molar-refractivity contribution in [3.8, 4) is 11.5 Å². The van der Waals surface area contributed by atoms with Gasteiger partial charge in [0.2, 0.25) is 0 Å². The summed E-state index contributed by atoms with van der Waals surface area (Å²) in [6.45, 7) is 5.17. The highest BCUT2D eigenvalue weighted by atomic mass is 16.5. The number of hydrogen-bond donors (Lipinski definition) is 1. The van der Waals surface area contributed by atoms with Crippen LogP contribution in [-0.4, -0.2) is 32.1 Å². The summed E-state index contributed by atoms with van der Waals surface area (Å²) in [5.41, 5.74) is 3.52. The van der Waals surface area contributed by atoms with Crippen molar-refractivity contribution in [3.63, 3.8) is 0 Å².